The second-order valence-electron chi connectivity index (χ2n) is 3.53. The Kier molecular flexibility index (Phi) is 5.14. The number of hydrogen-bond acceptors (Lipinski definition) is 3. The summed E-state index contributed by atoms with van der Waals surface area (Å²) in [6.07, 6.45) is 1.95. The van der Waals surface area contributed by atoms with Crippen LogP contribution in [0.5, 0.6) is 0 Å². The van der Waals surface area contributed by atoms with Crippen molar-refractivity contribution < 1.29 is 14.3 Å². The maximum absolute atomic E-state index is 11.9. The highest BCUT2D eigenvalue weighted by Crippen LogP contribution is 2.13. The van der Waals surface area contributed by atoms with Gasteiger partial charge in [0.25, 0.3) is 0 Å². The Bertz CT molecular complexity index is 421. The first-order valence-electron chi connectivity index (χ1n) is 5.58. The average molecular weight is 232 g/mol. The summed E-state index contributed by atoms with van der Waals surface area (Å²) < 4.78 is 4.91. The van der Waals surface area contributed by atoms with Crippen molar-refractivity contribution in [3.8, 4) is 0 Å². The van der Waals surface area contributed by atoms with Crippen LogP contribution in [0, 0.1) is 0 Å². The van der Waals surface area contributed by atoms with Crippen LogP contribution in [0.15, 0.2) is 37.1 Å². The summed E-state index contributed by atoms with van der Waals surface area (Å²) in [5.74, 6) is -0.0946. The summed E-state index contributed by atoms with van der Waals surface area (Å²) in [6.45, 7) is 5.47. The van der Waals surface area contributed by atoms with Crippen molar-refractivity contribution in [2.75, 3.05) is 6.61 Å². The molecular weight excluding hydrogens is 216 g/mol. The Hall–Kier alpha value is -1.90. The minimum absolute atomic E-state index is 0.0152. The number of ketones is 2. The van der Waals surface area contributed by atoms with E-state index in [-0.39, 0.29) is 24.6 Å². The maximum atomic E-state index is 11.9. The standard InChI is InChI=1S/C14H16O3/c1-3-13(15)11-7-5-6-8-12(11)14(16)9-10-17-4-2/h4-8H,2-3,9-10H2,1H3. The van der Waals surface area contributed by atoms with E-state index in [4.69, 9.17) is 4.74 Å². The zero-order valence-electron chi connectivity index (χ0n) is 9.94. The molecule has 0 aliphatic carbocycles. The maximum Gasteiger partial charge on any atom is 0.166 e. The van der Waals surface area contributed by atoms with Crippen LogP contribution in [-0.4, -0.2) is 18.2 Å². The lowest BCUT2D eigenvalue weighted by Crippen LogP contribution is -2.10. The van der Waals surface area contributed by atoms with Gasteiger partial charge in [-0.25, -0.2) is 0 Å². The van der Waals surface area contributed by atoms with Gasteiger partial charge in [-0.05, 0) is 0 Å². The topological polar surface area (TPSA) is 43.4 Å². The highest BCUT2D eigenvalue weighted by Gasteiger charge is 2.14. The van der Waals surface area contributed by atoms with Crippen LogP contribution in [0.4, 0.5) is 0 Å². The molecule has 0 amide bonds. The van der Waals surface area contributed by atoms with E-state index in [9.17, 15) is 9.59 Å². The predicted octanol–water partition coefficient (Wildman–Crippen LogP) is 3.01. The first kappa shape index (κ1) is 13.2. The molecule has 0 heterocycles. The van der Waals surface area contributed by atoms with Gasteiger partial charge in [0.15, 0.2) is 11.6 Å². The number of benzene rings is 1. The molecule has 3 heteroatoms. The molecule has 0 fully saturated rings. The van der Waals surface area contributed by atoms with E-state index < -0.39 is 0 Å². The van der Waals surface area contributed by atoms with Gasteiger partial charge in [0.2, 0.25) is 0 Å². The van der Waals surface area contributed by atoms with E-state index in [1.807, 2.05) is 0 Å². The van der Waals surface area contributed by atoms with Gasteiger partial charge in [0, 0.05) is 24.0 Å². The number of carbonyl (C=O) groups is 2. The van der Waals surface area contributed by atoms with Crippen molar-refractivity contribution in [1.29, 1.82) is 0 Å². The van der Waals surface area contributed by atoms with Gasteiger partial charge in [-0.3, -0.25) is 9.59 Å². The molecule has 0 saturated carbocycles. The van der Waals surface area contributed by atoms with Crippen LogP contribution in [0.1, 0.15) is 40.5 Å². The van der Waals surface area contributed by atoms with Gasteiger partial charge in [0.05, 0.1) is 12.9 Å². The molecule has 0 unspecified atom stereocenters. The zero-order valence-corrected chi connectivity index (χ0v) is 9.94. The van der Waals surface area contributed by atoms with Crippen LogP contribution < -0.4 is 0 Å². The van der Waals surface area contributed by atoms with Gasteiger partial charge >= 0.3 is 0 Å². The fourth-order valence-corrected chi connectivity index (χ4v) is 1.53. The van der Waals surface area contributed by atoms with E-state index >= 15 is 0 Å². The molecule has 3 nitrogen and oxygen atoms in total. The van der Waals surface area contributed by atoms with Gasteiger partial charge in [-0.2, -0.15) is 0 Å². The minimum atomic E-state index is -0.0794. The molecule has 0 atom stereocenters. The summed E-state index contributed by atoms with van der Waals surface area (Å²) >= 11 is 0. The van der Waals surface area contributed by atoms with E-state index in [1.54, 1.807) is 31.2 Å². The molecule has 0 radical (unpaired) electrons. The number of hydrogen-bond donors (Lipinski definition) is 0. The molecule has 0 saturated heterocycles. The van der Waals surface area contributed by atoms with Crippen LogP contribution in [0.2, 0.25) is 0 Å². The van der Waals surface area contributed by atoms with E-state index in [0.29, 0.717) is 17.5 Å². The quantitative estimate of drug-likeness (QED) is 0.412. The van der Waals surface area contributed by atoms with E-state index in [1.165, 1.54) is 6.26 Å². The Balaban J connectivity index is 2.85. The molecule has 0 N–H and O–H groups in total. The van der Waals surface area contributed by atoms with Gasteiger partial charge in [-0.1, -0.05) is 37.8 Å². The molecule has 0 aliphatic rings. The van der Waals surface area contributed by atoms with Crippen LogP contribution in [-0.2, 0) is 4.74 Å². The monoisotopic (exact) mass is 232 g/mol. The van der Waals surface area contributed by atoms with Crippen LogP contribution >= 0.6 is 0 Å². The van der Waals surface area contributed by atoms with Crippen molar-refractivity contribution in [1.82, 2.24) is 0 Å². The fourth-order valence-electron chi connectivity index (χ4n) is 1.53. The smallest absolute Gasteiger partial charge is 0.166 e. The SMILES string of the molecule is C=COCCC(=O)c1ccccc1C(=O)CC. The minimum Gasteiger partial charge on any atom is -0.501 e. The lowest BCUT2D eigenvalue weighted by atomic mass is 9.98. The lowest BCUT2D eigenvalue weighted by molar-refractivity contribution is 0.0930. The van der Waals surface area contributed by atoms with Crippen molar-refractivity contribution in [3.63, 3.8) is 0 Å². The van der Waals surface area contributed by atoms with Gasteiger partial charge in [-0.15, -0.1) is 0 Å². The highest BCUT2D eigenvalue weighted by atomic mass is 16.5. The van der Waals surface area contributed by atoms with E-state index in [2.05, 4.69) is 6.58 Å². The number of rotatable bonds is 7. The van der Waals surface area contributed by atoms with Crippen molar-refractivity contribution in [3.05, 3.63) is 48.2 Å². The third-order valence-corrected chi connectivity index (χ3v) is 2.41. The second kappa shape index (κ2) is 6.63. The molecule has 1 rings (SSSR count). The van der Waals surface area contributed by atoms with Crippen LogP contribution in [0.25, 0.3) is 0 Å². The molecule has 90 valence electrons. The third-order valence-electron chi connectivity index (χ3n) is 2.41. The molecule has 1 aromatic rings. The number of Topliss-reactive ketones (excluding diaryl/α,β-unsaturated/α-hetero) is 2. The summed E-state index contributed by atoms with van der Waals surface area (Å²) in [5.41, 5.74) is 0.977. The Morgan fingerprint density at radius 3 is 2.35 bits per heavy atom. The summed E-state index contributed by atoms with van der Waals surface area (Å²) in [6, 6.07) is 6.89. The predicted molar refractivity (Wildman–Crippen MR) is 66.2 cm³/mol. The highest BCUT2D eigenvalue weighted by molar-refractivity contribution is 6.08. The third kappa shape index (κ3) is 3.55. The normalized spacial score (nSPS) is 9.71. The Morgan fingerprint density at radius 1 is 1.24 bits per heavy atom. The molecule has 0 spiro atoms. The molecular formula is C14H16O3. The van der Waals surface area contributed by atoms with Crippen molar-refractivity contribution in [2.24, 2.45) is 0 Å². The molecule has 1 aromatic carbocycles. The summed E-state index contributed by atoms with van der Waals surface area (Å²) in [7, 11) is 0. The molecule has 0 bridgehead atoms. The number of carbonyl (C=O) groups excluding carboxylic acids is 2. The summed E-state index contributed by atoms with van der Waals surface area (Å²) in [4.78, 5) is 23.6. The Morgan fingerprint density at radius 2 is 1.82 bits per heavy atom. The molecule has 17 heavy (non-hydrogen) atoms. The number of ether oxygens (including phenoxy) is 1. The largest absolute Gasteiger partial charge is 0.501 e. The van der Waals surface area contributed by atoms with Crippen molar-refractivity contribution in [2.45, 2.75) is 19.8 Å². The van der Waals surface area contributed by atoms with Crippen LogP contribution in [0.3, 0.4) is 0 Å². The Labute approximate surface area is 101 Å². The lowest BCUT2D eigenvalue weighted by Gasteiger charge is -2.06. The first-order valence-corrected chi connectivity index (χ1v) is 5.58. The second-order valence-corrected chi connectivity index (χ2v) is 3.53. The molecule has 0 aromatic heterocycles. The summed E-state index contributed by atoms with van der Waals surface area (Å²) in [5, 5.41) is 0. The van der Waals surface area contributed by atoms with E-state index in [0.717, 1.165) is 0 Å². The van der Waals surface area contributed by atoms with Gasteiger partial charge in [0.1, 0.15) is 0 Å². The average Bonchev–Trinajstić information content (AvgIpc) is 2.38. The zero-order chi connectivity index (χ0) is 12.7. The van der Waals surface area contributed by atoms with Crippen molar-refractivity contribution >= 4 is 11.6 Å². The first-order chi connectivity index (χ1) is 8.20. The van der Waals surface area contributed by atoms with Gasteiger partial charge < -0.3 is 4.74 Å². The molecule has 0 aliphatic heterocycles. The fraction of sp³-hybridized carbons (Fsp3) is 0.286.